The summed E-state index contributed by atoms with van der Waals surface area (Å²) in [6.45, 7) is 5.51. The van der Waals surface area contributed by atoms with Gasteiger partial charge in [-0.2, -0.15) is 0 Å². The Morgan fingerprint density at radius 2 is 1.52 bits per heavy atom. The molecule has 0 fully saturated rings. The molecule has 1 aliphatic rings. The Kier molecular flexibility index (Phi) is 6.13. The first-order valence-electron chi connectivity index (χ1n) is 9.65. The van der Waals surface area contributed by atoms with Gasteiger partial charge in [0.25, 0.3) is 11.8 Å². The number of carbonyl (C=O) groups excluding carboxylic acids is 3. The van der Waals surface area contributed by atoms with Crippen LogP contribution in [0.1, 0.15) is 53.5 Å². The number of ether oxygens (including phenoxy) is 2. The number of nitrogens with zero attached hydrogens (tertiary/aromatic N) is 1. The molecule has 1 atom stereocenters. The Bertz CT molecular complexity index is 871. The van der Waals surface area contributed by atoms with Crippen molar-refractivity contribution in [3.8, 4) is 0 Å². The van der Waals surface area contributed by atoms with Crippen LogP contribution < -0.4 is 0 Å². The van der Waals surface area contributed by atoms with E-state index in [2.05, 4.69) is 0 Å². The average molecular weight is 395 g/mol. The smallest absolute Gasteiger partial charge is 0.335 e. The lowest BCUT2D eigenvalue weighted by atomic mass is 10.0. The number of imide groups is 1. The molecule has 0 spiro atoms. The summed E-state index contributed by atoms with van der Waals surface area (Å²) in [5.41, 5.74) is 0.752. The summed E-state index contributed by atoms with van der Waals surface area (Å²) in [6.07, 6.45) is -0.348. The van der Waals surface area contributed by atoms with Gasteiger partial charge in [-0.1, -0.05) is 49.4 Å². The molecule has 0 aromatic heterocycles. The largest absolute Gasteiger partial charge is 0.459 e. The molecule has 0 N–H and O–H groups in total. The van der Waals surface area contributed by atoms with E-state index in [1.807, 2.05) is 37.3 Å². The topological polar surface area (TPSA) is 72.9 Å². The quantitative estimate of drug-likeness (QED) is 0.504. The first-order chi connectivity index (χ1) is 13.8. The molecule has 2 aromatic rings. The summed E-state index contributed by atoms with van der Waals surface area (Å²) in [5, 5.41) is 0. The van der Waals surface area contributed by atoms with Crippen LogP contribution in [0.15, 0.2) is 54.6 Å². The van der Waals surface area contributed by atoms with E-state index in [-0.39, 0.29) is 25.0 Å². The number of hydrogen-bond acceptors (Lipinski definition) is 5. The van der Waals surface area contributed by atoms with Crippen LogP contribution in [-0.4, -0.2) is 40.9 Å². The monoisotopic (exact) mass is 395 g/mol. The average Bonchev–Trinajstić information content (AvgIpc) is 2.99. The Hall–Kier alpha value is -2.99. The SMILES string of the molecule is CCC(OCC(C)(C)N1C(=O)c2ccccc2C1=O)C(=O)OCc1ccccc1. The predicted molar refractivity (Wildman–Crippen MR) is 107 cm³/mol. The summed E-state index contributed by atoms with van der Waals surface area (Å²) in [7, 11) is 0. The second-order valence-corrected chi connectivity index (χ2v) is 7.60. The van der Waals surface area contributed by atoms with Gasteiger partial charge in [0, 0.05) is 0 Å². The highest BCUT2D eigenvalue weighted by Gasteiger charge is 2.44. The minimum absolute atomic E-state index is 0.0252. The van der Waals surface area contributed by atoms with Crippen LogP contribution in [0.5, 0.6) is 0 Å². The van der Waals surface area contributed by atoms with E-state index < -0.39 is 17.6 Å². The summed E-state index contributed by atoms with van der Waals surface area (Å²) in [4.78, 5) is 39.0. The predicted octanol–water partition coefficient (Wildman–Crippen LogP) is 3.60. The third kappa shape index (κ3) is 4.38. The minimum atomic E-state index is -0.916. The van der Waals surface area contributed by atoms with Crippen LogP contribution in [-0.2, 0) is 20.9 Å². The Balaban J connectivity index is 1.62. The summed E-state index contributed by atoms with van der Waals surface area (Å²) in [6, 6.07) is 16.1. The molecule has 1 unspecified atom stereocenters. The van der Waals surface area contributed by atoms with Gasteiger partial charge in [0.1, 0.15) is 6.61 Å². The van der Waals surface area contributed by atoms with Crippen molar-refractivity contribution in [2.45, 2.75) is 45.4 Å². The van der Waals surface area contributed by atoms with Crippen molar-refractivity contribution in [1.29, 1.82) is 0 Å². The molecule has 0 radical (unpaired) electrons. The molecule has 1 heterocycles. The lowest BCUT2D eigenvalue weighted by Crippen LogP contribution is -2.51. The fourth-order valence-electron chi connectivity index (χ4n) is 3.28. The number of benzene rings is 2. The van der Waals surface area contributed by atoms with Crippen LogP contribution >= 0.6 is 0 Å². The van der Waals surface area contributed by atoms with Gasteiger partial charge in [-0.3, -0.25) is 14.5 Å². The van der Waals surface area contributed by atoms with E-state index >= 15 is 0 Å². The lowest BCUT2D eigenvalue weighted by molar-refractivity contribution is -0.160. The molecule has 6 nitrogen and oxygen atoms in total. The third-order valence-corrected chi connectivity index (χ3v) is 4.89. The zero-order chi connectivity index (χ0) is 21.0. The summed E-state index contributed by atoms with van der Waals surface area (Å²) >= 11 is 0. The number of fused-ring (bicyclic) bond motifs is 1. The highest BCUT2D eigenvalue weighted by Crippen LogP contribution is 2.29. The first-order valence-corrected chi connectivity index (χ1v) is 9.65. The van der Waals surface area contributed by atoms with E-state index in [4.69, 9.17) is 9.47 Å². The molecule has 29 heavy (non-hydrogen) atoms. The zero-order valence-electron chi connectivity index (χ0n) is 16.9. The normalized spacial score (nSPS) is 14.7. The number of amides is 2. The first kappa shape index (κ1) is 20.7. The van der Waals surface area contributed by atoms with E-state index in [9.17, 15) is 14.4 Å². The Morgan fingerprint density at radius 3 is 2.07 bits per heavy atom. The van der Waals surface area contributed by atoms with Crippen LogP contribution in [0.2, 0.25) is 0 Å². The third-order valence-electron chi connectivity index (χ3n) is 4.89. The second kappa shape index (κ2) is 8.57. The van der Waals surface area contributed by atoms with Gasteiger partial charge in [-0.25, -0.2) is 4.79 Å². The highest BCUT2D eigenvalue weighted by atomic mass is 16.6. The van der Waals surface area contributed by atoms with Crippen LogP contribution in [0.4, 0.5) is 0 Å². The molecule has 6 heteroatoms. The molecule has 0 bridgehead atoms. The van der Waals surface area contributed by atoms with E-state index in [0.717, 1.165) is 5.56 Å². The molecule has 0 aliphatic carbocycles. The van der Waals surface area contributed by atoms with Crippen LogP contribution in [0.25, 0.3) is 0 Å². The summed E-state index contributed by atoms with van der Waals surface area (Å²) in [5.74, 6) is -1.16. The van der Waals surface area contributed by atoms with Crippen molar-refractivity contribution in [3.05, 3.63) is 71.3 Å². The van der Waals surface area contributed by atoms with Crippen LogP contribution in [0, 0.1) is 0 Å². The summed E-state index contributed by atoms with van der Waals surface area (Å²) < 4.78 is 11.1. The van der Waals surface area contributed by atoms with Gasteiger partial charge in [0.2, 0.25) is 0 Å². The molecule has 3 rings (SSSR count). The maximum absolute atomic E-state index is 12.7. The van der Waals surface area contributed by atoms with Crippen molar-refractivity contribution in [1.82, 2.24) is 4.90 Å². The maximum Gasteiger partial charge on any atom is 0.335 e. The number of esters is 1. The maximum atomic E-state index is 12.7. The van der Waals surface area contributed by atoms with Crippen molar-refractivity contribution in [2.75, 3.05) is 6.61 Å². The molecular formula is C23H25NO5. The van der Waals surface area contributed by atoms with Crippen molar-refractivity contribution >= 4 is 17.8 Å². The Labute approximate surface area is 170 Å². The molecule has 0 saturated heterocycles. The molecule has 152 valence electrons. The molecule has 2 amide bonds. The van der Waals surface area contributed by atoms with Gasteiger partial charge in [0.05, 0.1) is 23.3 Å². The number of rotatable bonds is 8. The fraction of sp³-hybridized carbons (Fsp3) is 0.348. The van der Waals surface area contributed by atoms with E-state index in [1.165, 1.54) is 4.90 Å². The molecule has 0 saturated carbocycles. The van der Waals surface area contributed by atoms with Gasteiger partial charge in [-0.05, 0) is 38.0 Å². The van der Waals surface area contributed by atoms with Gasteiger partial charge in [-0.15, -0.1) is 0 Å². The standard InChI is InChI=1S/C23H25NO5/c1-4-19(22(27)28-14-16-10-6-5-7-11-16)29-15-23(2,3)24-20(25)17-12-8-9-13-18(17)21(24)26/h5-13,19H,4,14-15H2,1-3H3. The second-order valence-electron chi connectivity index (χ2n) is 7.60. The van der Waals surface area contributed by atoms with Gasteiger partial charge >= 0.3 is 5.97 Å². The number of carbonyl (C=O) groups is 3. The minimum Gasteiger partial charge on any atom is -0.459 e. The zero-order valence-corrected chi connectivity index (χ0v) is 16.9. The van der Waals surface area contributed by atoms with Crippen molar-refractivity contribution < 1.29 is 23.9 Å². The fourth-order valence-corrected chi connectivity index (χ4v) is 3.28. The molecule has 1 aliphatic heterocycles. The molecular weight excluding hydrogens is 370 g/mol. The van der Waals surface area contributed by atoms with Gasteiger partial charge in [0.15, 0.2) is 6.10 Å². The van der Waals surface area contributed by atoms with Crippen molar-refractivity contribution in [3.63, 3.8) is 0 Å². The van der Waals surface area contributed by atoms with Gasteiger partial charge < -0.3 is 9.47 Å². The molecule has 2 aromatic carbocycles. The van der Waals surface area contributed by atoms with E-state index in [1.54, 1.807) is 38.1 Å². The lowest BCUT2D eigenvalue weighted by Gasteiger charge is -2.34. The van der Waals surface area contributed by atoms with E-state index in [0.29, 0.717) is 17.5 Å². The van der Waals surface area contributed by atoms with Crippen molar-refractivity contribution in [2.24, 2.45) is 0 Å². The Morgan fingerprint density at radius 1 is 0.966 bits per heavy atom. The highest BCUT2D eigenvalue weighted by molar-refractivity contribution is 6.21. The van der Waals surface area contributed by atoms with Crippen LogP contribution in [0.3, 0.4) is 0 Å². The number of hydrogen-bond donors (Lipinski definition) is 0.